The van der Waals surface area contributed by atoms with E-state index < -0.39 is 5.97 Å². The zero-order valence-electron chi connectivity index (χ0n) is 7.67. The fourth-order valence-electron chi connectivity index (χ4n) is 1.03. The van der Waals surface area contributed by atoms with Crippen LogP contribution in [0.1, 0.15) is 17.5 Å². The lowest BCUT2D eigenvalue weighted by Gasteiger charge is -1.94. The predicted octanol–water partition coefficient (Wildman–Crippen LogP) is 1.96. The van der Waals surface area contributed by atoms with Crippen LogP contribution in [0.15, 0.2) is 18.2 Å². The molecule has 0 radical (unpaired) electrons. The molecule has 0 saturated heterocycles. The van der Waals surface area contributed by atoms with Gasteiger partial charge in [-0.2, -0.15) is 0 Å². The summed E-state index contributed by atoms with van der Waals surface area (Å²) in [5, 5.41) is 8.32. The molecule has 0 aliphatic heterocycles. The van der Waals surface area contributed by atoms with E-state index in [-0.39, 0.29) is 12.2 Å². The van der Waals surface area contributed by atoms with Gasteiger partial charge >= 0.3 is 5.97 Å². The molecule has 0 heterocycles. The number of hydrogen-bond donors (Lipinski definition) is 1. The molecule has 2 nitrogen and oxygen atoms in total. The number of carboxylic acid groups (broad SMARTS) is 1. The minimum absolute atomic E-state index is 0.227. The zero-order chi connectivity index (χ0) is 10.6. The minimum atomic E-state index is -0.981. The van der Waals surface area contributed by atoms with Crippen LogP contribution in [0.5, 0.6) is 0 Å². The van der Waals surface area contributed by atoms with Gasteiger partial charge in [0.05, 0.1) is 0 Å². The Labute approximate surface area is 81.4 Å². The third-order valence-electron chi connectivity index (χ3n) is 1.51. The SMILES string of the molecule is Cc1cc(F)cc(C#CCC(=O)O)c1. The Morgan fingerprint density at radius 1 is 1.50 bits per heavy atom. The molecule has 0 aliphatic rings. The van der Waals surface area contributed by atoms with Crippen molar-refractivity contribution in [3.8, 4) is 11.8 Å². The Bertz CT molecular complexity index is 393. The molecule has 0 spiro atoms. The van der Waals surface area contributed by atoms with Crippen molar-refractivity contribution in [1.29, 1.82) is 0 Å². The highest BCUT2D eigenvalue weighted by Gasteiger charge is 1.95. The minimum Gasteiger partial charge on any atom is -0.481 e. The van der Waals surface area contributed by atoms with Crippen molar-refractivity contribution in [2.75, 3.05) is 0 Å². The first-order chi connectivity index (χ1) is 6.58. The van der Waals surface area contributed by atoms with Gasteiger partial charge in [0, 0.05) is 5.56 Å². The number of carboxylic acids is 1. The van der Waals surface area contributed by atoms with Gasteiger partial charge in [0.25, 0.3) is 0 Å². The first-order valence-corrected chi connectivity index (χ1v) is 4.06. The molecule has 72 valence electrons. The van der Waals surface area contributed by atoms with Crippen LogP contribution in [0.4, 0.5) is 4.39 Å². The van der Waals surface area contributed by atoms with Crippen molar-refractivity contribution in [3.05, 3.63) is 35.1 Å². The van der Waals surface area contributed by atoms with Gasteiger partial charge in [-0.25, -0.2) is 4.39 Å². The summed E-state index contributed by atoms with van der Waals surface area (Å²) in [6.45, 7) is 1.76. The monoisotopic (exact) mass is 192 g/mol. The number of halogens is 1. The van der Waals surface area contributed by atoms with E-state index in [0.29, 0.717) is 5.56 Å². The molecule has 0 fully saturated rings. The molecule has 1 N–H and O–H groups in total. The third-order valence-corrected chi connectivity index (χ3v) is 1.51. The second-order valence-electron chi connectivity index (χ2n) is 2.89. The van der Waals surface area contributed by atoms with Gasteiger partial charge in [-0.05, 0) is 30.7 Å². The summed E-state index contributed by atoms with van der Waals surface area (Å²) < 4.78 is 12.8. The van der Waals surface area contributed by atoms with Crippen molar-refractivity contribution in [2.24, 2.45) is 0 Å². The number of benzene rings is 1. The summed E-state index contributed by atoms with van der Waals surface area (Å²) in [5.74, 6) is 3.69. The summed E-state index contributed by atoms with van der Waals surface area (Å²) in [5.41, 5.74) is 1.27. The van der Waals surface area contributed by atoms with E-state index in [1.165, 1.54) is 12.1 Å². The molecule has 0 aromatic heterocycles. The summed E-state index contributed by atoms with van der Waals surface area (Å²) in [6.07, 6.45) is -0.227. The van der Waals surface area contributed by atoms with Gasteiger partial charge in [-0.3, -0.25) is 4.79 Å². The van der Waals surface area contributed by atoms with Gasteiger partial charge in [0.1, 0.15) is 12.2 Å². The average Bonchev–Trinajstić information content (AvgIpc) is 2.01. The van der Waals surface area contributed by atoms with Crippen LogP contribution in [0, 0.1) is 24.6 Å². The largest absolute Gasteiger partial charge is 0.481 e. The second-order valence-corrected chi connectivity index (χ2v) is 2.89. The van der Waals surface area contributed by atoms with Crippen LogP contribution in [-0.4, -0.2) is 11.1 Å². The fraction of sp³-hybridized carbons (Fsp3) is 0.182. The van der Waals surface area contributed by atoms with Crippen LogP contribution < -0.4 is 0 Å². The second kappa shape index (κ2) is 4.43. The van der Waals surface area contributed by atoms with Crippen molar-refractivity contribution in [3.63, 3.8) is 0 Å². The number of carbonyl (C=O) groups is 1. The van der Waals surface area contributed by atoms with Crippen LogP contribution in [0.3, 0.4) is 0 Å². The summed E-state index contributed by atoms with van der Waals surface area (Å²) in [6, 6.07) is 4.38. The Morgan fingerprint density at radius 3 is 2.79 bits per heavy atom. The van der Waals surface area contributed by atoms with Crippen molar-refractivity contribution >= 4 is 5.97 Å². The van der Waals surface area contributed by atoms with Gasteiger partial charge in [-0.15, -0.1) is 0 Å². The summed E-state index contributed by atoms with van der Waals surface area (Å²) in [4.78, 5) is 10.1. The molecule has 0 atom stereocenters. The van der Waals surface area contributed by atoms with E-state index in [1.54, 1.807) is 13.0 Å². The van der Waals surface area contributed by atoms with E-state index in [2.05, 4.69) is 11.8 Å². The molecular formula is C11H9FO2. The molecule has 0 saturated carbocycles. The highest BCUT2D eigenvalue weighted by molar-refractivity contribution is 5.70. The average molecular weight is 192 g/mol. The van der Waals surface area contributed by atoms with E-state index in [1.807, 2.05) is 0 Å². The van der Waals surface area contributed by atoms with E-state index in [0.717, 1.165) is 5.56 Å². The Balaban J connectivity index is 2.84. The van der Waals surface area contributed by atoms with Crippen LogP contribution in [0.25, 0.3) is 0 Å². The van der Waals surface area contributed by atoms with Crippen LogP contribution in [0.2, 0.25) is 0 Å². The van der Waals surface area contributed by atoms with E-state index >= 15 is 0 Å². The topological polar surface area (TPSA) is 37.3 Å². The van der Waals surface area contributed by atoms with Gasteiger partial charge in [-0.1, -0.05) is 11.8 Å². The molecule has 1 aromatic carbocycles. The van der Waals surface area contributed by atoms with Crippen LogP contribution >= 0.6 is 0 Å². The molecule has 0 unspecified atom stereocenters. The fourth-order valence-corrected chi connectivity index (χ4v) is 1.03. The zero-order valence-corrected chi connectivity index (χ0v) is 7.67. The molecule has 0 bridgehead atoms. The molecular weight excluding hydrogens is 183 g/mol. The quantitative estimate of drug-likeness (QED) is 0.690. The molecule has 14 heavy (non-hydrogen) atoms. The molecule has 3 heteroatoms. The normalized spacial score (nSPS) is 9.00. The lowest BCUT2D eigenvalue weighted by Crippen LogP contribution is -1.90. The standard InChI is InChI=1S/C11H9FO2/c1-8-5-9(7-10(12)6-8)3-2-4-11(13)14/h5-7H,4H2,1H3,(H,13,14). The Hall–Kier alpha value is -1.82. The highest BCUT2D eigenvalue weighted by atomic mass is 19.1. The third kappa shape index (κ3) is 3.28. The van der Waals surface area contributed by atoms with Crippen molar-refractivity contribution in [1.82, 2.24) is 0 Å². The summed E-state index contributed by atoms with van der Waals surface area (Å²) >= 11 is 0. The highest BCUT2D eigenvalue weighted by Crippen LogP contribution is 2.06. The van der Waals surface area contributed by atoms with Gasteiger partial charge in [0.15, 0.2) is 0 Å². The van der Waals surface area contributed by atoms with Crippen molar-refractivity contribution < 1.29 is 14.3 Å². The van der Waals surface area contributed by atoms with E-state index in [9.17, 15) is 9.18 Å². The number of hydrogen-bond acceptors (Lipinski definition) is 1. The number of aryl methyl sites for hydroxylation is 1. The first-order valence-electron chi connectivity index (χ1n) is 4.06. The number of aliphatic carboxylic acids is 1. The van der Waals surface area contributed by atoms with Crippen LogP contribution in [-0.2, 0) is 4.79 Å². The molecule has 0 amide bonds. The molecule has 0 aliphatic carbocycles. The summed E-state index contributed by atoms with van der Waals surface area (Å²) in [7, 11) is 0. The Morgan fingerprint density at radius 2 is 2.21 bits per heavy atom. The maximum atomic E-state index is 12.8. The lowest BCUT2D eigenvalue weighted by atomic mass is 10.1. The maximum Gasteiger partial charge on any atom is 0.315 e. The smallest absolute Gasteiger partial charge is 0.315 e. The van der Waals surface area contributed by atoms with Gasteiger partial charge in [0.2, 0.25) is 0 Å². The first kappa shape index (κ1) is 10.3. The Kier molecular flexibility index (Phi) is 3.24. The van der Waals surface area contributed by atoms with E-state index in [4.69, 9.17) is 5.11 Å². The molecule has 1 rings (SSSR count). The maximum absolute atomic E-state index is 12.8. The predicted molar refractivity (Wildman–Crippen MR) is 50.3 cm³/mol. The van der Waals surface area contributed by atoms with Crippen molar-refractivity contribution in [2.45, 2.75) is 13.3 Å². The van der Waals surface area contributed by atoms with Gasteiger partial charge < -0.3 is 5.11 Å². The lowest BCUT2D eigenvalue weighted by molar-refractivity contribution is -0.135. The number of rotatable bonds is 1. The molecule has 1 aromatic rings.